The highest BCUT2D eigenvalue weighted by Gasteiger charge is 2.60. The molecule has 13 heteroatoms. The van der Waals surface area contributed by atoms with Crippen LogP contribution in [0.5, 0.6) is 0 Å². The fourth-order valence-corrected chi connectivity index (χ4v) is 15.1. The van der Waals surface area contributed by atoms with E-state index in [9.17, 15) is 19.2 Å². The fraction of sp³-hybridized carbons (Fsp3) is 0.820. The number of aromatic nitrogens is 2. The van der Waals surface area contributed by atoms with E-state index >= 15 is 0 Å². The van der Waals surface area contributed by atoms with Gasteiger partial charge in [-0.1, -0.05) is 48.0 Å². The Morgan fingerprint density at radius 3 is 2.49 bits per heavy atom. The highest BCUT2D eigenvalue weighted by atomic mass is 31.2. The van der Waals surface area contributed by atoms with E-state index in [2.05, 4.69) is 69.5 Å². The van der Waals surface area contributed by atoms with Gasteiger partial charge < -0.3 is 19.1 Å². The molecule has 6 rings (SSSR count). The summed E-state index contributed by atoms with van der Waals surface area (Å²) < 4.78 is 22.5. The van der Waals surface area contributed by atoms with Gasteiger partial charge >= 0.3 is 5.69 Å². The molecule has 1 aromatic rings. The molecule has 5 aliphatic rings. The van der Waals surface area contributed by atoms with Crippen molar-refractivity contribution in [3.63, 3.8) is 0 Å². The lowest BCUT2D eigenvalue weighted by Crippen LogP contribution is -2.53. The third kappa shape index (κ3) is 11.7. The van der Waals surface area contributed by atoms with Crippen LogP contribution in [0.15, 0.2) is 21.9 Å². The van der Waals surface area contributed by atoms with Gasteiger partial charge in [-0.25, -0.2) is 9.46 Å². The van der Waals surface area contributed by atoms with Crippen molar-refractivity contribution in [1.29, 1.82) is 5.26 Å². The topological polar surface area (TPSA) is 156 Å². The number of nitriles is 1. The van der Waals surface area contributed by atoms with Crippen molar-refractivity contribution in [2.24, 2.45) is 46.3 Å². The summed E-state index contributed by atoms with van der Waals surface area (Å²) in [6.45, 7) is 18.5. The molecular formula is C50H82N5O7P. The number of hydrogen-bond acceptors (Lipinski definition) is 9. The quantitative estimate of drug-likeness (QED) is 0.0739. The molecule has 0 spiro atoms. The molecule has 12 atom stereocenters. The molecule has 4 aliphatic carbocycles. The van der Waals surface area contributed by atoms with E-state index in [1.807, 2.05) is 6.92 Å². The summed E-state index contributed by atoms with van der Waals surface area (Å²) in [6.07, 6.45) is 20.5. The number of hydrogen-bond donors (Lipinski definition) is 2. The number of carbonyl (C=O) groups is 2. The molecule has 2 N–H and O–H groups in total. The number of Topliss-reactive ketones (excluding diaryl/α,β-unsaturated/α-hetero) is 1. The van der Waals surface area contributed by atoms with Gasteiger partial charge in [-0.15, -0.1) is 0 Å². The first kappa shape index (κ1) is 51.3. The molecule has 1 saturated heterocycles. The van der Waals surface area contributed by atoms with Crippen molar-refractivity contribution in [3.05, 3.63) is 38.7 Å². The Kier molecular flexibility index (Phi) is 18.5. The zero-order chi connectivity index (χ0) is 44.8. The fourth-order valence-electron chi connectivity index (χ4n) is 13.3. The first-order chi connectivity index (χ1) is 29.6. The zero-order valence-electron chi connectivity index (χ0n) is 39.2. The number of H-pyrrole nitrogens is 1. The smallest absolute Gasteiger partial charge is 0.330 e. The number of ketones is 1. The minimum absolute atomic E-state index is 0. The zero-order valence-corrected chi connectivity index (χ0v) is 40.1. The van der Waals surface area contributed by atoms with Crippen molar-refractivity contribution in [1.82, 2.24) is 19.5 Å². The lowest BCUT2D eigenvalue weighted by Gasteiger charge is -2.61. The second kappa shape index (κ2) is 22.7. The number of nitrogens with one attached hydrogen (secondary N) is 2. The predicted octanol–water partition coefficient (Wildman–Crippen LogP) is 10.5. The second-order valence-corrected chi connectivity index (χ2v) is 22.0. The van der Waals surface area contributed by atoms with Crippen LogP contribution in [0.4, 0.5) is 0 Å². The maximum atomic E-state index is 13.1. The molecule has 354 valence electrons. The van der Waals surface area contributed by atoms with Gasteiger partial charge in [-0.3, -0.25) is 23.9 Å². The number of nitrogens with zero attached hydrogens (tertiary/aromatic N) is 3. The van der Waals surface area contributed by atoms with Gasteiger partial charge in [0.15, 0.2) is 0 Å². The van der Waals surface area contributed by atoms with Crippen molar-refractivity contribution in [3.8, 4) is 6.07 Å². The van der Waals surface area contributed by atoms with E-state index in [0.717, 1.165) is 30.1 Å². The normalized spacial score (nSPS) is 32.5. The predicted molar refractivity (Wildman–Crippen MR) is 251 cm³/mol. The van der Waals surface area contributed by atoms with Crippen LogP contribution in [0.25, 0.3) is 6.08 Å². The number of ether oxygens (including phenoxy) is 1. The molecular weight excluding hydrogens is 814 g/mol. The summed E-state index contributed by atoms with van der Waals surface area (Å²) in [7, 11) is -1.52. The summed E-state index contributed by atoms with van der Waals surface area (Å²) in [5, 5.41) is 11.9. The molecule has 2 unspecified atom stereocenters. The van der Waals surface area contributed by atoms with Crippen LogP contribution in [-0.2, 0) is 23.4 Å². The molecule has 0 aromatic carbocycles. The number of fused-ring (bicyclic) bond motifs is 5. The van der Waals surface area contributed by atoms with E-state index in [1.54, 1.807) is 0 Å². The van der Waals surface area contributed by atoms with E-state index < -0.39 is 32.1 Å². The van der Waals surface area contributed by atoms with E-state index in [4.69, 9.17) is 19.0 Å². The largest absolute Gasteiger partial charge is 0.353 e. The average molecular weight is 896 g/mol. The van der Waals surface area contributed by atoms with Gasteiger partial charge in [0.25, 0.3) is 14.1 Å². The van der Waals surface area contributed by atoms with Gasteiger partial charge in [0.05, 0.1) is 36.9 Å². The molecule has 5 fully saturated rings. The molecule has 12 nitrogen and oxygen atoms in total. The number of amides is 1. The van der Waals surface area contributed by atoms with Crippen molar-refractivity contribution < 1.29 is 23.4 Å². The summed E-state index contributed by atoms with van der Waals surface area (Å²) in [4.78, 5) is 54.1. The van der Waals surface area contributed by atoms with E-state index in [0.29, 0.717) is 61.3 Å². The minimum Gasteiger partial charge on any atom is -0.353 e. The van der Waals surface area contributed by atoms with Gasteiger partial charge in [-0.05, 0) is 151 Å². The maximum absolute atomic E-state index is 13.1. The molecule has 0 radical (unpaired) electrons. The van der Waals surface area contributed by atoms with Crippen molar-refractivity contribution in [2.75, 3.05) is 13.2 Å². The number of aromatic amines is 1. The Bertz CT molecular complexity index is 1870. The van der Waals surface area contributed by atoms with Crippen LogP contribution >= 0.6 is 8.53 Å². The first-order valence-corrected chi connectivity index (χ1v) is 25.5. The number of carbonyl (C=O) groups excluding carboxylic acids is 2. The van der Waals surface area contributed by atoms with Gasteiger partial charge in [0.1, 0.15) is 12.0 Å². The average Bonchev–Trinajstić information content (AvgIpc) is 3.81. The maximum Gasteiger partial charge on any atom is 0.330 e. The van der Waals surface area contributed by atoms with Crippen LogP contribution in [-0.4, -0.2) is 63.4 Å². The summed E-state index contributed by atoms with van der Waals surface area (Å²) in [5.41, 5.74) is -0.110. The molecule has 2 heterocycles. The lowest BCUT2D eigenvalue weighted by atomic mass is 9.44. The third-order valence-corrected chi connectivity index (χ3v) is 18.5. The summed E-state index contributed by atoms with van der Waals surface area (Å²) >= 11 is 0. The molecule has 1 aromatic heterocycles. The van der Waals surface area contributed by atoms with Crippen LogP contribution in [0.2, 0.25) is 0 Å². The highest BCUT2D eigenvalue weighted by Crippen LogP contribution is 2.68. The molecule has 63 heavy (non-hydrogen) atoms. The summed E-state index contributed by atoms with van der Waals surface area (Å²) in [5.74, 6) is 4.74. The van der Waals surface area contributed by atoms with E-state index in [-0.39, 0.29) is 55.9 Å². The SMILES string of the molecule is C.CC[C@H]1O[C@@H](n2cc(/C=C/C(=O)NCCCC(=O)CC[C@@H](C)[C@H]3CC[C@H]4[C@@H]5CC[C@@H]6CCCC[C@]6(C)[C@H]5CC[C@]34C)c(=O)[nH]c2=O)CC1OP(OCCC#N)N(C(C)C)C(C)C. The molecule has 1 amide bonds. The van der Waals surface area contributed by atoms with Crippen molar-refractivity contribution in [2.45, 2.75) is 202 Å². The van der Waals surface area contributed by atoms with E-state index in [1.165, 1.54) is 87.1 Å². The van der Waals surface area contributed by atoms with Gasteiger partial charge in [0.2, 0.25) is 5.91 Å². The lowest BCUT2D eigenvalue weighted by molar-refractivity contribution is -0.121. The van der Waals surface area contributed by atoms with Crippen LogP contribution < -0.4 is 16.6 Å². The van der Waals surface area contributed by atoms with Crippen LogP contribution in [0.1, 0.15) is 184 Å². The summed E-state index contributed by atoms with van der Waals surface area (Å²) in [6, 6.07) is 2.38. The molecule has 1 aliphatic heterocycles. The number of rotatable bonds is 20. The Hall–Kier alpha value is -2.68. The van der Waals surface area contributed by atoms with Crippen LogP contribution in [0, 0.1) is 57.7 Å². The van der Waals surface area contributed by atoms with Gasteiger partial charge in [-0.2, -0.15) is 5.26 Å². The highest BCUT2D eigenvalue weighted by molar-refractivity contribution is 7.44. The Labute approximate surface area is 380 Å². The monoisotopic (exact) mass is 896 g/mol. The Morgan fingerprint density at radius 2 is 1.78 bits per heavy atom. The Morgan fingerprint density at radius 1 is 1.03 bits per heavy atom. The second-order valence-electron chi connectivity index (χ2n) is 20.6. The minimum atomic E-state index is -1.52. The van der Waals surface area contributed by atoms with Gasteiger partial charge in [0, 0.05) is 50.2 Å². The molecule has 4 saturated carbocycles. The van der Waals surface area contributed by atoms with Crippen LogP contribution in [0.3, 0.4) is 0 Å². The first-order valence-electron chi connectivity index (χ1n) is 24.3. The van der Waals surface area contributed by atoms with Crippen molar-refractivity contribution >= 4 is 26.3 Å². The third-order valence-electron chi connectivity index (χ3n) is 16.3. The Balaban J connectivity index is 0.00000748. The standard InChI is InChI=1S/C49H78N5O7P.CH4/c1-9-42-43(61-62(59-29-13-27-50)54(32(2)3)33(4)5)30-45(60-42)53-31-35(46(57)52-47(53)58)17-23-44(56)51-28-12-15-37(55)19-16-34(6)39-21-22-40-38-20-18-36-14-10-11-25-48(36,7)41(38)24-26-49(39,40)8;/h17,23,31-34,36,38-43,45H,9-16,18-22,24-26,28-30H2,1-8H3,(H,51,56)(H,52,57,58);1H4/b23-17+;/t34-,36+,38+,39-,40+,41+,42-,43?,45-,48+,49-,62?;/m1./s1. The molecule has 0 bridgehead atoms.